The van der Waals surface area contributed by atoms with Crippen LogP contribution in [0.3, 0.4) is 0 Å². The molecule has 1 aromatic rings. The molecule has 1 heterocycles. The minimum absolute atomic E-state index is 0.0871. The molecule has 0 fully saturated rings. The zero-order chi connectivity index (χ0) is 36.8. The van der Waals surface area contributed by atoms with Crippen molar-refractivity contribution in [1.82, 2.24) is 20.2 Å². The largest absolute Gasteiger partial charge is 0.481 e. The summed E-state index contributed by atoms with van der Waals surface area (Å²) in [6.45, 7) is 6.05. The van der Waals surface area contributed by atoms with E-state index in [0.29, 0.717) is 61.3 Å². The molecule has 2 unspecified atom stereocenters. The molecule has 1 aromatic heterocycles. The predicted molar refractivity (Wildman–Crippen MR) is 204 cm³/mol. The summed E-state index contributed by atoms with van der Waals surface area (Å²) < 4.78 is 7.29. The van der Waals surface area contributed by atoms with Crippen molar-refractivity contribution in [3.05, 3.63) is 18.7 Å². The summed E-state index contributed by atoms with van der Waals surface area (Å²) in [6.07, 6.45) is 14.6. The molecule has 0 aliphatic heterocycles. The Morgan fingerprint density at radius 1 is 0.780 bits per heavy atom. The van der Waals surface area contributed by atoms with Gasteiger partial charge in [-0.2, -0.15) is 35.3 Å². The summed E-state index contributed by atoms with van der Waals surface area (Å²) in [5.41, 5.74) is 0. The van der Waals surface area contributed by atoms with E-state index in [1.807, 2.05) is 10.8 Å². The number of carboxylic acid groups (broad SMARTS) is 2. The van der Waals surface area contributed by atoms with Gasteiger partial charge in [0.2, 0.25) is 11.8 Å². The van der Waals surface area contributed by atoms with Crippen LogP contribution in [0.15, 0.2) is 18.7 Å². The van der Waals surface area contributed by atoms with Crippen LogP contribution < -0.4 is 10.6 Å². The molecule has 1 rings (SSSR count). The number of aryl methyl sites for hydroxylation is 1. The highest BCUT2D eigenvalue weighted by molar-refractivity contribution is 8.00. The lowest BCUT2D eigenvalue weighted by atomic mass is 10.1. The van der Waals surface area contributed by atoms with E-state index in [0.717, 1.165) is 57.2 Å². The number of amides is 2. The summed E-state index contributed by atoms with van der Waals surface area (Å²) in [6, 6.07) is -0.678. The van der Waals surface area contributed by atoms with E-state index in [2.05, 4.69) is 29.5 Å². The topological polar surface area (TPSA) is 177 Å². The van der Waals surface area contributed by atoms with E-state index < -0.39 is 18.0 Å². The molecule has 0 saturated heterocycles. The number of carboxylic acids is 2. The first-order valence-electron chi connectivity index (χ1n) is 18.0. The summed E-state index contributed by atoms with van der Waals surface area (Å²) in [5, 5.41) is 23.9. The van der Waals surface area contributed by atoms with Crippen molar-refractivity contribution in [3.63, 3.8) is 0 Å². The highest BCUT2D eigenvalue weighted by atomic mass is 32.2. The number of unbranched alkanes of at least 4 members (excludes halogenated alkanes) is 3. The minimum atomic E-state index is -0.834. The van der Waals surface area contributed by atoms with E-state index in [-0.39, 0.29) is 42.3 Å². The zero-order valence-corrected chi connectivity index (χ0v) is 32.4. The standard InChI is InChI=1S/C35H60N4O8S3/c1-28(2)9-4-3-7-21-47-34(45)16-25-49-23-13-30(35(46)37-17-8-19-39-20-18-36-27-39)38-31(40)11-6-5-10-29(50-26-15-33(43)44)12-22-48-24-14-32(41)42/h18,20,27-30H,3-17,19,21-26H2,1-2H3,(H,37,46)(H,38,40)(H,41,42)(H,43,44). The molecule has 286 valence electrons. The average Bonchev–Trinajstić information content (AvgIpc) is 3.58. The van der Waals surface area contributed by atoms with Crippen LogP contribution in [0, 0.1) is 5.92 Å². The third-order valence-electron chi connectivity index (χ3n) is 7.69. The fourth-order valence-corrected chi connectivity index (χ4v) is 8.14. The third-order valence-corrected chi connectivity index (χ3v) is 11.1. The minimum Gasteiger partial charge on any atom is -0.481 e. The molecule has 0 saturated carbocycles. The van der Waals surface area contributed by atoms with Crippen molar-refractivity contribution in [2.24, 2.45) is 5.92 Å². The quantitative estimate of drug-likeness (QED) is 0.0495. The molecular formula is C35H60N4O8S3. The Morgan fingerprint density at radius 3 is 2.18 bits per heavy atom. The van der Waals surface area contributed by atoms with Gasteiger partial charge in [-0.15, -0.1) is 0 Å². The Bertz CT molecular complexity index is 1080. The number of rotatable bonds is 33. The molecule has 0 radical (unpaired) electrons. The Morgan fingerprint density at radius 2 is 1.48 bits per heavy atom. The molecule has 12 nitrogen and oxygen atoms in total. The van der Waals surface area contributed by atoms with Crippen LogP contribution in [0.2, 0.25) is 0 Å². The molecular weight excluding hydrogens is 701 g/mol. The van der Waals surface area contributed by atoms with Gasteiger partial charge in [-0.05, 0) is 55.9 Å². The van der Waals surface area contributed by atoms with Crippen molar-refractivity contribution in [1.29, 1.82) is 0 Å². The smallest absolute Gasteiger partial charge is 0.306 e. The van der Waals surface area contributed by atoms with Crippen LogP contribution in [0.4, 0.5) is 0 Å². The summed E-state index contributed by atoms with van der Waals surface area (Å²) in [7, 11) is 0. The van der Waals surface area contributed by atoms with Gasteiger partial charge in [-0.1, -0.05) is 39.5 Å². The number of esters is 1. The van der Waals surface area contributed by atoms with E-state index in [4.69, 9.17) is 14.9 Å². The number of nitrogens with one attached hydrogen (secondary N) is 2. The summed E-state index contributed by atoms with van der Waals surface area (Å²) >= 11 is 4.77. The molecule has 50 heavy (non-hydrogen) atoms. The van der Waals surface area contributed by atoms with Crippen LogP contribution >= 0.6 is 35.3 Å². The van der Waals surface area contributed by atoms with E-state index in [9.17, 15) is 24.0 Å². The second-order valence-corrected chi connectivity index (χ2v) is 16.5. The fraction of sp³-hybridized carbons (Fsp3) is 0.771. The fourth-order valence-electron chi connectivity index (χ4n) is 4.86. The highest BCUT2D eigenvalue weighted by Gasteiger charge is 2.20. The molecule has 0 aliphatic carbocycles. The van der Waals surface area contributed by atoms with Crippen LogP contribution in [0.5, 0.6) is 0 Å². The van der Waals surface area contributed by atoms with Gasteiger partial charge in [-0.3, -0.25) is 24.0 Å². The lowest BCUT2D eigenvalue weighted by molar-refractivity contribution is -0.143. The number of ether oxygens (including phenoxy) is 1. The number of nitrogens with zero attached hydrogens (tertiary/aromatic N) is 2. The third kappa shape index (κ3) is 27.3. The predicted octanol–water partition coefficient (Wildman–Crippen LogP) is 5.88. The van der Waals surface area contributed by atoms with Gasteiger partial charge in [-0.25, -0.2) is 4.98 Å². The Kier molecular flexibility index (Phi) is 27.6. The first-order chi connectivity index (χ1) is 24.1. The SMILES string of the molecule is CC(C)CCCCCOC(=O)CCSCCC(NC(=O)CCCCC(CCSCCC(=O)O)SCCC(=O)O)C(=O)NCCCn1ccnc1. The maximum atomic E-state index is 13.1. The van der Waals surface area contributed by atoms with Gasteiger partial charge >= 0.3 is 17.9 Å². The molecule has 15 heteroatoms. The lowest BCUT2D eigenvalue weighted by Gasteiger charge is -2.19. The average molecular weight is 761 g/mol. The highest BCUT2D eigenvalue weighted by Crippen LogP contribution is 2.24. The number of imidazole rings is 1. The van der Waals surface area contributed by atoms with Crippen LogP contribution in [0.25, 0.3) is 0 Å². The Hall–Kier alpha value is -2.39. The molecule has 0 aromatic carbocycles. The second kappa shape index (κ2) is 30.3. The molecule has 0 spiro atoms. The number of thioether (sulfide) groups is 3. The normalized spacial score (nSPS) is 12.4. The molecule has 4 N–H and O–H groups in total. The van der Waals surface area contributed by atoms with Gasteiger partial charge in [0.05, 0.1) is 32.2 Å². The van der Waals surface area contributed by atoms with Crippen LogP contribution in [0.1, 0.15) is 104 Å². The molecule has 2 amide bonds. The van der Waals surface area contributed by atoms with Crippen molar-refractivity contribution in [2.45, 2.75) is 122 Å². The number of hydrogen-bond donors (Lipinski definition) is 4. The number of aromatic nitrogens is 2. The van der Waals surface area contributed by atoms with E-state index in [1.54, 1.807) is 47.8 Å². The molecule has 2 atom stereocenters. The van der Waals surface area contributed by atoms with Crippen LogP contribution in [-0.2, 0) is 35.3 Å². The Labute approximate surface area is 311 Å². The summed E-state index contributed by atoms with van der Waals surface area (Å²) in [4.78, 5) is 63.9. The number of aliphatic carboxylic acids is 2. The van der Waals surface area contributed by atoms with Crippen molar-refractivity contribution in [3.8, 4) is 0 Å². The Balaban J connectivity index is 2.48. The maximum absolute atomic E-state index is 13.1. The molecule has 0 bridgehead atoms. The number of hydrogen-bond acceptors (Lipinski definition) is 10. The first-order valence-corrected chi connectivity index (χ1v) is 21.3. The number of carbonyl (C=O) groups is 5. The zero-order valence-electron chi connectivity index (χ0n) is 30.0. The van der Waals surface area contributed by atoms with Crippen molar-refractivity contribution < 1.29 is 38.9 Å². The van der Waals surface area contributed by atoms with Gasteiger partial charge in [0, 0.05) is 54.4 Å². The van der Waals surface area contributed by atoms with Crippen LogP contribution in [-0.4, -0.2) is 103 Å². The first kappa shape index (κ1) is 45.6. The second-order valence-electron chi connectivity index (χ2n) is 12.6. The molecule has 0 aliphatic rings. The van der Waals surface area contributed by atoms with Gasteiger partial charge < -0.3 is 30.2 Å². The van der Waals surface area contributed by atoms with Gasteiger partial charge in [0.15, 0.2) is 0 Å². The van der Waals surface area contributed by atoms with Gasteiger partial charge in [0.25, 0.3) is 0 Å². The van der Waals surface area contributed by atoms with Crippen molar-refractivity contribution in [2.75, 3.05) is 41.9 Å². The monoisotopic (exact) mass is 760 g/mol. The maximum Gasteiger partial charge on any atom is 0.306 e. The van der Waals surface area contributed by atoms with Crippen molar-refractivity contribution >= 4 is 65.0 Å². The van der Waals surface area contributed by atoms with E-state index in [1.165, 1.54) is 6.42 Å². The number of carbonyl (C=O) groups excluding carboxylic acids is 3. The van der Waals surface area contributed by atoms with Gasteiger partial charge in [0.1, 0.15) is 6.04 Å². The lowest BCUT2D eigenvalue weighted by Crippen LogP contribution is -2.47. The van der Waals surface area contributed by atoms with E-state index >= 15 is 0 Å². The summed E-state index contributed by atoms with van der Waals surface area (Å²) in [5.74, 6) is 1.47.